The van der Waals surface area contributed by atoms with Gasteiger partial charge in [0.2, 0.25) is 5.91 Å². The van der Waals surface area contributed by atoms with Crippen LogP contribution in [-0.4, -0.2) is 36.0 Å². The van der Waals surface area contributed by atoms with E-state index in [1.54, 1.807) is 0 Å². The van der Waals surface area contributed by atoms with Crippen molar-refractivity contribution in [3.05, 3.63) is 0 Å². The zero-order chi connectivity index (χ0) is 13.7. The zero-order valence-corrected chi connectivity index (χ0v) is 12.7. The fourth-order valence-electron chi connectivity index (χ4n) is 4.85. The zero-order valence-electron chi connectivity index (χ0n) is 12.7. The van der Waals surface area contributed by atoms with Crippen LogP contribution in [0.3, 0.4) is 0 Å². The van der Waals surface area contributed by atoms with Crippen molar-refractivity contribution in [2.24, 2.45) is 17.3 Å². The molecule has 1 amide bonds. The Kier molecular flexibility index (Phi) is 3.16. The first-order valence-corrected chi connectivity index (χ1v) is 7.97. The van der Waals surface area contributed by atoms with Gasteiger partial charge in [0.15, 0.2) is 0 Å². The van der Waals surface area contributed by atoms with Gasteiger partial charge in [-0.1, -0.05) is 13.8 Å². The molecule has 1 heterocycles. The molecule has 2 bridgehead atoms. The molecule has 0 spiro atoms. The molecule has 2 aliphatic carbocycles. The predicted molar refractivity (Wildman–Crippen MR) is 76.8 cm³/mol. The second-order valence-corrected chi connectivity index (χ2v) is 7.66. The Balaban J connectivity index is 1.66. The Morgan fingerprint density at radius 1 is 1.16 bits per heavy atom. The number of likely N-dealkylation sites (tertiary alicyclic amines) is 1. The van der Waals surface area contributed by atoms with Gasteiger partial charge in [-0.05, 0) is 69.4 Å². The van der Waals surface area contributed by atoms with Gasteiger partial charge in [0.1, 0.15) is 0 Å². The maximum atomic E-state index is 12.4. The molecule has 2 saturated carbocycles. The fraction of sp³-hybridized carbons (Fsp3) is 0.938. The SMILES string of the molecule is CC1(C)[C@@H]2CC[C@H](C2)[C@@]1(C)NC(=O)CN1CCCC1. The monoisotopic (exact) mass is 264 g/mol. The number of amides is 1. The second kappa shape index (κ2) is 4.47. The third-order valence-electron chi connectivity index (χ3n) is 6.57. The maximum Gasteiger partial charge on any atom is 0.234 e. The maximum absolute atomic E-state index is 12.4. The molecule has 3 rings (SSSR count). The lowest BCUT2D eigenvalue weighted by molar-refractivity contribution is -0.126. The van der Waals surface area contributed by atoms with E-state index < -0.39 is 0 Å². The average Bonchev–Trinajstić information content (AvgIpc) is 2.99. The quantitative estimate of drug-likeness (QED) is 0.849. The number of carbonyl (C=O) groups is 1. The smallest absolute Gasteiger partial charge is 0.234 e. The van der Waals surface area contributed by atoms with Crippen molar-refractivity contribution < 1.29 is 4.79 Å². The van der Waals surface area contributed by atoms with Crippen LogP contribution in [0.5, 0.6) is 0 Å². The van der Waals surface area contributed by atoms with Crippen LogP contribution >= 0.6 is 0 Å². The summed E-state index contributed by atoms with van der Waals surface area (Å²) in [5, 5.41) is 3.42. The van der Waals surface area contributed by atoms with Crippen molar-refractivity contribution in [1.29, 1.82) is 0 Å². The van der Waals surface area contributed by atoms with E-state index in [-0.39, 0.29) is 16.9 Å². The van der Waals surface area contributed by atoms with Gasteiger partial charge in [-0.2, -0.15) is 0 Å². The molecule has 3 nitrogen and oxygen atoms in total. The van der Waals surface area contributed by atoms with Gasteiger partial charge in [-0.3, -0.25) is 9.69 Å². The van der Waals surface area contributed by atoms with Crippen LogP contribution in [0.25, 0.3) is 0 Å². The summed E-state index contributed by atoms with van der Waals surface area (Å²) in [7, 11) is 0. The molecule has 3 heteroatoms. The summed E-state index contributed by atoms with van der Waals surface area (Å²) in [4.78, 5) is 14.7. The average molecular weight is 264 g/mol. The van der Waals surface area contributed by atoms with E-state index in [1.807, 2.05) is 0 Å². The van der Waals surface area contributed by atoms with E-state index >= 15 is 0 Å². The minimum Gasteiger partial charge on any atom is -0.349 e. The Hall–Kier alpha value is -0.570. The van der Waals surface area contributed by atoms with Gasteiger partial charge in [-0.25, -0.2) is 0 Å². The fourth-order valence-corrected chi connectivity index (χ4v) is 4.85. The minimum absolute atomic E-state index is 0.00667. The molecule has 1 saturated heterocycles. The number of hydrogen-bond donors (Lipinski definition) is 1. The Morgan fingerprint density at radius 2 is 1.79 bits per heavy atom. The predicted octanol–water partition coefficient (Wildman–Crippen LogP) is 2.41. The second-order valence-electron chi connectivity index (χ2n) is 7.66. The summed E-state index contributed by atoms with van der Waals surface area (Å²) in [6.45, 7) is 9.79. The topological polar surface area (TPSA) is 32.3 Å². The van der Waals surface area contributed by atoms with Crippen LogP contribution in [0.4, 0.5) is 0 Å². The van der Waals surface area contributed by atoms with Crippen LogP contribution < -0.4 is 5.32 Å². The van der Waals surface area contributed by atoms with E-state index in [4.69, 9.17) is 0 Å². The molecule has 19 heavy (non-hydrogen) atoms. The third-order valence-corrected chi connectivity index (χ3v) is 6.57. The standard InChI is InChI=1S/C16H28N2O/c1-15(2)12-6-7-13(10-12)16(15,3)17-14(19)11-18-8-4-5-9-18/h12-13H,4-11H2,1-3H3,(H,17,19)/t12-,13-,16-/m1/s1. The molecule has 0 aromatic rings. The molecule has 0 unspecified atom stereocenters. The van der Waals surface area contributed by atoms with Gasteiger partial charge in [0, 0.05) is 5.54 Å². The van der Waals surface area contributed by atoms with Crippen molar-refractivity contribution >= 4 is 5.91 Å². The number of hydrogen-bond acceptors (Lipinski definition) is 2. The number of carbonyl (C=O) groups excluding carboxylic acids is 1. The van der Waals surface area contributed by atoms with E-state index in [0.29, 0.717) is 12.5 Å². The minimum atomic E-state index is 0.00667. The van der Waals surface area contributed by atoms with Crippen molar-refractivity contribution in [3.63, 3.8) is 0 Å². The van der Waals surface area contributed by atoms with Crippen LogP contribution in [0.15, 0.2) is 0 Å². The molecule has 0 radical (unpaired) electrons. The molecule has 3 atom stereocenters. The highest BCUT2D eigenvalue weighted by molar-refractivity contribution is 5.79. The molecule has 0 aromatic heterocycles. The van der Waals surface area contributed by atoms with E-state index in [9.17, 15) is 4.79 Å². The van der Waals surface area contributed by atoms with E-state index in [1.165, 1.54) is 32.1 Å². The summed E-state index contributed by atoms with van der Waals surface area (Å²) in [6.07, 6.45) is 6.47. The first-order chi connectivity index (χ1) is 8.93. The van der Waals surface area contributed by atoms with Crippen molar-refractivity contribution in [1.82, 2.24) is 10.2 Å². The Labute approximate surface area is 117 Å². The molecular weight excluding hydrogens is 236 g/mol. The molecule has 108 valence electrons. The van der Waals surface area contributed by atoms with Crippen molar-refractivity contribution in [3.8, 4) is 0 Å². The van der Waals surface area contributed by atoms with Crippen molar-refractivity contribution in [2.45, 2.75) is 58.4 Å². The van der Waals surface area contributed by atoms with Crippen LogP contribution in [-0.2, 0) is 4.79 Å². The molecule has 1 aliphatic heterocycles. The van der Waals surface area contributed by atoms with Crippen LogP contribution in [0.1, 0.15) is 52.9 Å². The molecule has 3 fully saturated rings. The summed E-state index contributed by atoms with van der Waals surface area (Å²) < 4.78 is 0. The summed E-state index contributed by atoms with van der Waals surface area (Å²) in [6, 6.07) is 0. The first-order valence-electron chi connectivity index (χ1n) is 7.97. The molecule has 0 aromatic carbocycles. The van der Waals surface area contributed by atoms with Gasteiger partial charge >= 0.3 is 0 Å². The highest BCUT2D eigenvalue weighted by atomic mass is 16.2. The Bertz CT molecular complexity index is 373. The number of rotatable bonds is 3. The van der Waals surface area contributed by atoms with E-state index in [0.717, 1.165) is 19.0 Å². The lowest BCUT2D eigenvalue weighted by atomic mass is 9.64. The van der Waals surface area contributed by atoms with Gasteiger partial charge in [0.05, 0.1) is 6.54 Å². The number of fused-ring (bicyclic) bond motifs is 2. The normalized spacial score (nSPS) is 40.8. The van der Waals surface area contributed by atoms with Gasteiger partial charge in [0.25, 0.3) is 0 Å². The largest absolute Gasteiger partial charge is 0.349 e. The Morgan fingerprint density at radius 3 is 2.37 bits per heavy atom. The lowest BCUT2D eigenvalue weighted by Gasteiger charge is -2.48. The lowest BCUT2D eigenvalue weighted by Crippen LogP contribution is -2.60. The van der Waals surface area contributed by atoms with Crippen LogP contribution in [0, 0.1) is 17.3 Å². The molecule has 1 N–H and O–H groups in total. The summed E-state index contributed by atoms with van der Waals surface area (Å²) in [5.41, 5.74) is 0.253. The van der Waals surface area contributed by atoms with Crippen molar-refractivity contribution in [2.75, 3.05) is 19.6 Å². The highest BCUT2D eigenvalue weighted by Crippen LogP contribution is 2.61. The van der Waals surface area contributed by atoms with Gasteiger partial charge in [-0.15, -0.1) is 0 Å². The summed E-state index contributed by atoms with van der Waals surface area (Å²) >= 11 is 0. The van der Waals surface area contributed by atoms with Gasteiger partial charge < -0.3 is 5.32 Å². The number of nitrogens with one attached hydrogen (secondary N) is 1. The number of nitrogens with zero attached hydrogens (tertiary/aromatic N) is 1. The van der Waals surface area contributed by atoms with Crippen LogP contribution in [0.2, 0.25) is 0 Å². The first kappa shape index (κ1) is 13.4. The highest BCUT2D eigenvalue weighted by Gasteiger charge is 2.60. The third kappa shape index (κ3) is 2.01. The molecule has 3 aliphatic rings. The summed E-state index contributed by atoms with van der Waals surface area (Å²) in [5.74, 6) is 1.73. The molecular formula is C16H28N2O. The van der Waals surface area contributed by atoms with E-state index in [2.05, 4.69) is 31.0 Å².